The average molecular weight is 359 g/mol. The molecule has 4 rings (SSSR count). The minimum Gasteiger partial charge on any atom is -0.356 e. The normalized spacial score (nSPS) is 11.0. The van der Waals surface area contributed by atoms with Gasteiger partial charge in [-0.05, 0) is 36.2 Å². The van der Waals surface area contributed by atoms with Crippen LogP contribution in [0.4, 0.5) is 0 Å². The highest BCUT2D eigenvalue weighted by molar-refractivity contribution is 5.78. The zero-order chi connectivity index (χ0) is 18.5. The molecule has 1 amide bonds. The van der Waals surface area contributed by atoms with Gasteiger partial charge in [-0.15, -0.1) is 0 Å². The second kappa shape index (κ2) is 7.86. The van der Waals surface area contributed by atoms with Crippen LogP contribution in [0.2, 0.25) is 0 Å². The van der Waals surface area contributed by atoms with E-state index in [4.69, 9.17) is 0 Å². The first kappa shape index (κ1) is 17.0. The highest BCUT2D eigenvalue weighted by atomic mass is 16.1. The number of nitrogens with zero attached hydrogens (tertiary/aromatic N) is 4. The van der Waals surface area contributed by atoms with Gasteiger partial charge in [0.1, 0.15) is 0 Å². The maximum atomic E-state index is 12.2. The van der Waals surface area contributed by atoms with Gasteiger partial charge in [-0.3, -0.25) is 4.79 Å². The van der Waals surface area contributed by atoms with Gasteiger partial charge < -0.3 is 9.88 Å². The van der Waals surface area contributed by atoms with Crippen molar-refractivity contribution >= 4 is 16.9 Å². The van der Waals surface area contributed by atoms with Crippen molar-refractivity contribution in [3.8, 4) is 5.69 Å². The summed E-state index contributed by atoms with van der Waals surface area (Å²) in [4.78, 5) is 16.5. The lowest BCUT2D eigenvalue weighted by molar-refractivity contribution is -0.120. The van der Waals surface area contributed by atoms with Crippen molar-refractivity contribution in [1.29, 1.82) is 0 Å². The molecule has 0 aliphatic heterocycles. The number of hydrogen-bond acceptors (Lipinski definition) is 3. The Morgan fingerprint density at radius 1 is 1.04 bits per heavy atom. The van der Waals surface area contributed by atoms with Crippen molar-refractivity contribution < 1.29 is 4.79 Å². The molecule has 0 aliphatic rings. The number of para-hydroxylation sites is 3. The largest absolute Gasteiger partial charge is 0.356 e. The summed E-state index contributed by atoms with van der Waals surface area (Å²) in [5, 5.41) is 7.31. The third kappa shape index (κ3) is 4.06. The number of carbonyl (C=O) groups excluding carboxylic acids is 1. The van der Waals surface area contributed by atoms with Crippen LogP contribution in [-0.4, -0.2) is 31.8 Å². The Morgan fingerprint density at radius 3 is 2.74 bits per heavy atom. The topological polar surface area (TPSA) is 64.7 Å². The molecule has 2 aromatic heterocycles. The molecule has 0 saturated carbocycles. The number of rotatable bonds is 7. The molecule has 0 fully saturated rings. The van der Waals surface area contributed by atoms with Crippen LogP contribution in [0.3, 0.4) is 0 Å². The van der Waals surface area contributed by atoms with Crippen molar-refractivity contribution in [2.75, 3.05) is 6.54 Å². The molecule has 0 aliphatic carbocycles. The number of aryl methyl sites for hydroxylation is 1. The SMILES string of the molecule is O=C(Cc1cnn(-c2ccccc2)c1)NCCCn1cnc2ccccc21. The molecule has 0 radical (unpaired) electrons. The summed E-state index contributed by atoms with van der Waals surface area (Å²) in [5.74, 6) is 0.0121. The molecule has 6 heteroatoms. The van der Waals surface area contributed by atoms with E-state index in [0.29, 0.717) is 13.0 Å². The predicted octanol–water partition coefficient (Wildman–Crippen LogP) is 2.97. The van der Waals surface area contributed by atoms with Crippen molar-refractivity contribution in [3.63, 3.8) is 0 Å². The van der Waals surface area contributed by atoms with E-state index >= 15 is 0 Å². The summed E-state index contributed by atoms with van der Waals surface area (Å²) < 4.78 is 3.90. The van der Waals surface area contributed by atoms with Gasteiger partial charge in [0.15, 0.2) is 0 Å². The molecule has 136 valence electrons. The standard InChI is InChI=1S/C21H21N5O/c27-21(13-17-14-24-26(15-17)18-7-2-1-3-8-18)22-11-6-12-25-16-23-19-9-4-5-10-20(19)25/h1-5,7-10,14-16H,6,11-13H2,(H,22,27). The number of fused-ring (bicyclic) bond motifs is 1. The van der Waals surface area contributed by atoms with E-state index in [-0.39, 0.29) is 5.91 Å². The molecule has 2 heterocycles. The highest BCUT2D eigenvalue weighted by Gasteiger charge is 2.07. The van der Waals surface area contributed by atoms with Crippen LogP contribution >= 0.6 is 0 Å². The number of hydrogen-bond donors (Lipinski definition) is 1. The van der Waals surface area contributed by atoms with Crippen LogP contribution in [0.5, 0.6) is 0 Å². The Morgan fingerprint density at radius 2 is 1.85 bits per heavy atom. The Balaban J connectivity index is 1.25. The molecular formula is C21H21N5O. The fourth-order valence-corrected chi connectivity index (χ4v) is 3.09. The maximum Gasteiger partial charge on any atom is 0.224 e. The van der Waals surface area contributed by atoms with E-state index in [1.54, 1.807) is 10.9 Å². The third-order valence-electron chi connectivity index (χ3n) is 4.45. The molecule has 2 aromatic carbocycles. The summed E-state index contributed by atoms with van der Waals surface area (Å²) >= 11 is 0. The molecule has 4 aromatic rings. The average Bonchev–Trinajstić information content (AvgIpc) is 3.33. The molecule has 0 saturated heterocycles. The van der Waals surface area contributed by atoms with Crippen LogP contribution in [-0.2, 0) is 17.8 Å². The van der Waals surface area contributed by atoms with E-state index in [1.165, 1.54) is 0 Å². The van der Waals surface area contributed by atoms with E-state index < -0.39 is 0 Å². The van der Waals surface area contributed by atoms with E-state index in [1.807, 2.05) is 61.1 Å². The van der Waals surface area contributed by atoms with Crippen LogP contribution in [0.25, 0.3) is 16.7 Å². The van der Waals surface area contributed by atoms with Gasteiger partial charge in [0, 0.05) is 19.3 Å². The lowest BCUT2D eigenvalue weighted by Crippen LogP contribution is -2.26. The lowest BCUT2D eigenvalue weighted by Gasteiger charge is -2.06. The minimum absolute atomic E-state index is 0.0121. The molecule has 0 unspecified atom stereocenters. The molecular weight excluding hydrogens is 338 g/mol. The first-order valence-corrected chi connectivity index (χ1v) is 9.05. The number of imidazole rings is 1. The zero-order valence-corrected chi connectivity index (χ0v) is 15.0. The molecule has 0 bridgehead atoms. The van der Waals surface area contributed by atoms with Gasteiger partial charge in [-0.1, -0.05) is 30.3 Å². The van der Waals surface area contributed by atoms with Gasteiger partial charge in [-0.25, -0.2) is 9.67 Å². The summed E-state index contributed by atoms with van der Waals surface area (Å²) in [6, 6.07) is 17.9. The summed E-state index contributed by atoms with van der Waals surface area (Å²) in [6.07, 6.45) is 6.68. The Kier molecular flexibility index (Phi) is 4.96. The fraction of sp³-hybridized carbons (Fsp3) is 0.190. The van der Waals surface area contributed by atoms with Crippen molar-refractivity contribution in [2.24, 2.45) is 0 Å². The third-order valence-corrected chi connectivity index (χ3v) is 4.45. The van der Waals surface area contributed by atoms with Crippen LogP contribution in [0.1, 0.15) is 12.0 Å². The zero-order valence-electron chi connectivity index (χ0n) is 15.0. The Bertz CT molecular complexity index is 1030. The number of aromatic nitrogens is 4. The van der Waals surface area contributed by atoms with Crippen LogP contribution < -0.4 is 5.32 Å². The number of carbonyl (C=O) groups is 1. The fourth-order valence-electron chi connectivity index (χ4n) is 3.09. The van der Waals surface area contributed by atoms with E-state index in [2.05, 4.69) is 26.0 Å². The smallest absolute Gasteiger partial charge is 0.224 e. The molecule has 6 nitrogen and oxygen atoms in total. The second-order valence-electron chi connectivity index (χ2n) is 6.44. The maximum absolute atomic E-state index is 12.2. The van der Waals surface area contributed by atoms with Crippen molar-refractivity contribution in [2.45, 2.75) is 19.4 Å². The summed E-state index contributed by atoms with van der Waals surface area (Å²) in [5.41, 5.74) is 4.00. The Hall–Kier alpha value is -3.41. The predicted molar refractivity (Wildman–Crippen MR) is 105 cm³/mol. The minimum atomic E-state index is 0.0121. The molecule has 0 atom stereocenters. The Labute approximate surface area is 157 Å². The highest BCUT2D eigenvalue weighted by Crippen LogP contribution is 2.12. The number of amides is 1. The van der Waals surface area contributed by atoms with Gasteiger partial charge in [-0.2, -0.15) is 5.10 Å². The second-order valence-corrected chi connectivity index (χ2v) is 6.44. The molecule has 27 heavy (non-hydrogen) atoms. The van der Waals surface area contributed by atoms with E-state index in [9.17, 15) is 4.79 Å². The first-order chi connectivity index (χ1) is 13.3. The quantitative estimate of drug-likeness (QED) is 0.516. The first-order valence-electron chi connectivity index (χ1n) is 9.05. The summed E-state index contributed by atoms with van der Waals surface area (Å²) in [7, 11) is 0. The monoisotopic (exact) mass is 359 g/mol. The van der Waals surface area contributed by atoms with Gasteiger partial charge >= 0.3 is 0 Å². The molecule has 0 spiro atoms. The van der Waals surface area contributed by atoms with E-state index in [0.717, 1.165) is 35.2 Å². The van der Waals surface area contributed by atoms with Crippen molar-refractivity contribution in [3.05, 3.63) is 78.9 Å². The van der Waals surface area contributed by atoms with Crippen molar-refractivity contribution in [1.82, 2.24) is 24.6 Å². The lowest BCUT2D eigenvalue weighted by atomic mass is 10.2. The summed E-state index contributed by atoms with van der Waals surface area (Å²) in [6.45, 7) is 1.46. The van der Waals surface area contributed by atoms with Gasteiger partial charge in [0.25, 0.3) is 0 Å². The number of nitrogens with one attached hydrogen (secondary N) is 1. The molecule has 1 N–H and O–H groups in total. The number of benzene rings is 2. The van der Waals surface area contributed by atoms with Gasteiger partial charge in [0.05, 0.1) is 35.7 Å². The van der Waals surface area contributed by atoms with Crippen LogP contribution in [0.15, 0.2) is 73.3 Å². The van der Waals surface area contributed by atoms with Gasteiger partial charge in [0.2, 0.25) is 5.91 Å². The van der Waals surface area contributed by atoms with Crippen LogP contribution in [0, 0.1) is 0 Å².